The molecular weight excluding hydrogens is 186 g/mol. The molecule has 0 saturated carbocycles. The highest BCUT2D eigenvalue weighted by atomic mass is 16.3. The van der Waals surface area contributed by atoms with Gasteiger partial charge in [0.2, 0.25) is 0 Å². The first kappa shape index (κ1) is 10.2. The van der Waals surface area contributed by atoms with Crippen molar-refractivity contribution in [2.75, 3.05) is 6.54 Å². The Balaban J connectivity index is 2.22. The number of phenols is 1. The Morgan fingerprint density at radius 3 is 3.20 bits per heavy atom. The Hall–Kier alpha value is -1.28. The van der Waals surface area contributed by atoms with Crippen LogP contribution in [0.5, 0.6) is 5.75 Å². The van der Waals surface area contributed by atoms with Crippen molar-refractivity contribution in [3.63, 3.8) is 0 Å². The van der Waals surface area contributed by atoms with Crippen LogP contribution < -0.4 is 5.32 Å². The molecule has 15 heavy (non-hydrogen) atoms. The van der Waals surface area contributed by atoms with Crippen molar-refractivity contribution in [3.05, 3.63) is 42.0 Å². The molecule has 1 aliphatic carbocycles. The van der Waals surface area contributed by atoms with E-state index in [-0.39, 0.29) is 0 Å². The summed E-state index contributed by atoms with van der Waals surface area (Å²) in [5.74, 6) is 0.373. The quantitative estimate of drug-likeness (QED) is 0.740. The molecule has 1 aromatic rings. The number of aryl methyl sites for hydroxylation is 1. The second kappa shape index (κ2) is 4.49. The summed E-state index contributed by atoms with van der Waals surface area (Å²) in [6, 6.07) is 6.11. The smallest absolute Gasteiger partial charge is 0.115 e. The summed E-state index contributed by atoms with van der Waals surface area (Å²) in [5.41, 5.74) is 2.61. The molecule has 2 rings (SSSR count). The van der Waals surface area contributed by atoms with Crippen molar-refractivity contribution in [3.8, 4) is 5.75 Å². The van der Waals surface area contributed by atoms with Crippen LogP contribution in [0.25, 0.3) is 0 Å². The molecule has 0 aliphatic heterocycles. The number of rotatable bonds is 3. The molecule has 1 aromatic carbocycles. The van der Waals surface area contributed by atoms with Gasteiger partial charge in [-0.15, -0.1) is 6.58 Å². The van der Waals surface area contributed by atoms with Gasteiger partial charge in [0.25, 0.3) is 0 Å². The van der Waals surface area contributed by atoms with Crippen molar-refractivity contribution in [1.82, 2.24) is 5.32 Å². The summed E-state index contributed by atoms with van der Waals surface area (Å²) in [4.78, 5) is 0. The molecule has 0 saturated heterocycles. The largest absolute Gasteiger partial charge is 0.508 e. The summed E-state index contributed by atoms with van der Waals surface area (Å²) in [7, 11) is 0. The lowest BCUT2D eigenvalue weighted by atomic mass is 9.87. The second-order valence-electron chi connectivity index (χ2n) is 4.02. The Bertz CT molecular complexity index is 360. The average Bonchev–Trinajstić information content (AvgIpc) is 2.25. The molecule has 1 atom stereocenters. The zero-order valence-corrected chi connectivity index (χ0v) is 8.87. The predicted molar refractivity (Wildman–Crippen MR) is 62.0 cm³/mol. The number of benzene rings is 1. The van der Waals surface area contributed by atoms with Crippen LogP contribution in [0.2, 0.25) is 0 Å². The molecule has 1 unspecified atom stereocenters. The number of aromatic hydroxyl groups is 1. The standard InChI is InChI=1S/C13H17NO/c1-2-8-14-13-5-3-4-10-9-11(15)6-7-12(10)13/h2,6-7,9,13-15H,1,3-5,8H2. The van der Waals surface area contributed by atoms with Crippen molar-refractivity contribution >= 4 is 0 Å². The molecule has 0 spiro atoms. The van der Waals surface area contributed by atoms with E-state index in [2.05, 4.69) is 11.9 Å². The molecule has 0 heterocycles. The van der Waals surface area contributed by atoms with Gasteiger partial charge in [0, 0.05) is 12.6 Å². The average molecular weight is 203 g/mol. The maximum Gasteiger partial charge on any atom is 0.115 e. The van der Waals surface area contributed by atoms with Gasteiger partial charge in [-0.1, -0.05) is 12.1 Å². The molecule has 0 radical (unpaired) electrons. The van der Waals surface area contributed by atoms with Gasteiger partial charge in [0.15, 0.2) is 0 Å². The van der Waals surface area contributed by atoms with Crippen molar-refractivity contribution in [2.45, 2.75) is 25.3 Å². The van der Waals surface area contributed by atoms with Gasteiger partial charge in [-0.2, -0.15) is 0 Å². The Morgan fingerprint density at radius 2 is 2.40 bits per heavy atom. The van der Waals surface area contributed by atoms with Crippen LogP contribution in [0.3, 0.4) is 0 Å². The molecular formula is C13H17NO. The van der Waals surface area contributed by atoms with Gasteiger partial charge < -0.3 is 10.4 Å². The lowest BCUT2D eigenvalue weighted by Gasteiger charge is -2.26. The minimum Gasteiger partial charge on any atom is -0.508 e. The van der Waals surface area contributed by atoms with E-state index in [4.69, 9.17) is 0 Å². The van der Waals surface area contributed by atoms with Gasteiger partial charge in [-0.3, -0.25) is 0 Å². The maximum atomic E-state index is 9.41. The van der Waals surface area contributed by atoms with E-state index >= 15 is 0 Å². The molecule has 2 heteroatoms. The number of fused-ring (bicyclic) bond motifs is 1. The number of hydrogen-bond donors (Lipinski definition) is 2. The molecule has 0 fully saturated rings. The topological polar surface area (TPSA) is 32.3 Å². The molecule has 80 valence electrons. The summed E-state index contributed by atoms with van der Waals surface area (Å²) >= 11 is 0. The highest BCUT2D eigenvalue weighted by Gasteiger charge is 2.19. The summed E-state index contributed by atoms with van der Waals surface area (Å²) in [5, 5.41) is 12.9. The van der Waals surface area contributed by atoms with Crippen LogP contribution in [-0.4, -0.2) is 11.7 Å². The molecule has 0 bridgehead atoms. The van der Waals surface area contributed by atoms with Crippen molar-refractivity contribution in [1.29, 1.82) is 0 Å². The third-order valence-electron chi connectivity index (χ3n) is 2.95. The fourth-order valence-electron chi connectivity index (χ4n) is 2.24. The Morgan fingerprint density at radius 1 is 1.53 bits per heavy atom. The predicted octanol–water partition coefficient (Wildman–Crippen LogP) is 2.55. The number of phenolic OH excluding ortho intramolecular Hbond substituents is 1. The fourth-order valence-corrected chi connectivity index (χ4v) is 2.24. The minimum absolute atomic E-state index is 0.373. The first-order valence-electron chi connectivity index (χ1n) is 5.47. The van der Waals surface area contributed by atoms with Crippen LogP contribution in [-0.2, 0) is 6.42 Å². The SMILES string of the molecule is C=CCNC1CCCc2cc(O)ccc21. The van der Waals surface area contributed by atoms with Crippen LogP contribution in [0.1, 0.15) is 30.0 Å². The summed E-state index contributed by atoms with van der Waals surface area (Å²) < 4.78 is 0. The summed E-state index contributed by atoms with van der Waals surface area (Å²) in [6.07, 6.45) is 5.32. The third-order valence-corrected chi connectivity index (χ3v) is 2.95. The van der Waals surface area contributed by atoms with E-state index in [1.165, 1.54) is 24.0 Å². The highest BCUT2D eigenvalue weighted by Crippen LogP contribution is 2.31. The molecule has 2 N–H and O–H groups in total. The van der Waals surface area contributed by atoms with Crippen LogP contribution in [0.15, 0.2) is 30.9 Å². The zero-order valence-electron chi connectivity index (χ0n) is 8.87. The lowest BCUT2D eigenvalue weighted by molar-refractivity contribution is 0.461. The van der Waals surface area contributed by atoms with Crippen LogP contribution in [0, 0.1) is 0 Å². The van der Waals surface area contributed by atoms with Crippen molar-refractivity contribution in [2.24, 2.45) is 0 Å². The van der Waals surface area contributed by atoms with Gasteiger partial charge in [-0.05, 0) is 42.5 Å². The van der Waals surface area contributed by atoms with Crippen molar-refractivity contribution < 1.29 is 5.11 Å². The molecule has 0 aromatic heterocycles. The Labute approximate surface area is 90.6 Å². The van der Waals surface area contributed by atoms with E-state index in [9.17, 15) is 5.11 Å². The van der Waals surface area contributed by atoms with E-state index in [1.54, 1.807) is 6.07 Å². The highest BCUT2D eigenvalue weighted by molar-refractivity contribution is 5.38. The first-order valence-corrected chi connectivity index (χ1v) is 5.47. The maximum absolute atomic E-state index is 9.41. The minimum atomic E-state index is 0.373. The molecule has 2 nitrogen and oxygen atoms in total. The fraction of sp³-hybridized carbons (Fsp3) is 0.385. The van der Waals surface area contributed by atoms with E-state index in [0.29, 0.717) is 11.8 Å². The van der Waals surface area contributed by atoms with Crippen LogP contribution in [0.4, 0.5) is 0 Å². The summed E-state index contributed by atoms with van der Waals surface area (Å²) in [6.45, 7) is 4.55. The van der Waals surface area contributed by atoms with E-state index in [0.717, 1.165) is 13.0 Å². The second-order valence-corrected chi connectivity index (χ2v) is 4.02. The normalized spacial score (nSPS) is 19.6. The zero-order chi connectivity index (χ0) is 10.7. The van der Waals surface area contributed by atoms with Gasteiger partial charge in [0.05, 0.1) is 0 Å². The Kier molecular flexibility index (Phi) is 3.07. The first-order chi connectivity index (χ1) is 7.31. The van der Waals surface area contributed by atoms with E-state index < -0.39 is 0 Å². The van der Waals surface area contributed by atoms with Crippen LogP contribution >= 0.6 is 0 Å². The monoisotopic (exact) mass is 203 g/mol. The number of nitrogens with one attached hydrogen (secondary N) is 1. The number of hydrogen-bond acceptors (Lipinski definition) is 2. The molecule has 0 amide bonds. The third kappa shape index (κ3) is 2.21. The molecule has 1 aliphatic rings. The van der Waals surface area contributed by atoms with Gasteiger partial charge in [-0.25, -0.2) is 0 Å². The van der Waals surface area contributed by atoms with Gasteiger partial charge >= 0.3 is 0 Å². The van der Waals surface area contributed by atoms with Gasteiger partial charge in [0.1, 0.15) is 5.75 Å². The van der Waals surface area contributed by atoms with E-state index in [1.807, 2.05) is 18.2 Å². The lowest BCUT2D eigenvalue weighted by Crippen LogP contribution is -2.25.